The van der Waals surface area contributed by atoms with Crippen molar-refractivity contribution in [2.75, 3.05) is 7.11 Å². The molecular weight excluding hydrogens is 270 g/mol. The summed E-state index contributed by atoms with van der Waals surface area (Å²) in [5.74, 6) is -0.698. The lowest BCUT2D eigenvalue weighted by Gasteiger charge is -2.34. The second-order valence-corrected chi connectivity index (χ2v) is 5.09. The van der Waals surface area contributed by atoms with E-state index in [1.54, 1.807) is 24.7 Å². The molecule has 6 nitrogen and oxygen atoms in total. The maximum Gasteiger partial charge on any atom is 0.331 e. The third kappa shape index (κ3) is 3.87. The van der Waals surface area contributed by atoms with Crippen LogP contribution in [0.2, 0.25) is 0 Å². The summed E-state index contributed by atoms with van der Waals surface area (Å²) in [7, 11) is 1.35. The van der Waals surface area contributed by atoms with Crippen molar-refractivity contribution in [2.45, 2.75) is 37.6 Å². The number of hydrogen-bond acceptors (Lipinski definition) is 5. The molecule has 1 aromatic heterocycles. The lowest BCUT2D eigenvalue weighted by molar-refractivity contribution is -0.152. The van der Waals surface area contributed by atoms with Gasteiger partial charge < -0.3 is 10.1 Å². The smallest absolute Gasteiger partial charge is 0.331 e. The molecule has 0 radical (unpaired) electrons. The summed E-state index contributed by atoms with van der Waals surface area (Å²) < 4.78 is 4.86. The summed E-state index contributed by atoms with van der Waals surface area (Å²) >= 11 is 0. The SMILES string of the molecule is COC(=O)C1(NC(=O)/C=C/c2cnccn2)CCCCC1. The third-order valence-electron chi connectivity index (χ3n) is 3.63. The van der Waals surface area contributed by atoms with Gasteiger partial charge in [0.15, 0.2) is 0 Å². The van der Waals surface area contributed by atoms with E-state index >= 15 is 0 Å². The largest absolute Gasteiger partial charge is 0.467 e. The molecule has 0 bridgehead atoms. The molecule has 1 N–H and O–H groups in total. The van der Waals surface area contributed by atoms with Crippen LogP contribution in [0.15, 0.2) is 24.7 Å². The first kappa shape index (κ1) is 15.2. The van der Waals surface area contributed by atoms with E-state index in [0.717, 1.165) is 19.3 Å². The fourth-order valence-electron chi connectivity index (χ4n) is 2.57. The van der Waals surface area contributed by atoms with Crippen LogP contribution < -0.4 is 5.32 Å². The minimum absolute atomic E-state index is 0.326. The second-order valence-electron chi connectivity index (χ2n) is 5.09. The molecule has 1 saturated carbocycles. The van der Waals surface area contributed by atoms with Crippen LogP contribution in [-0.4, -0.2) is 34.5 Å². The topological polar surface area (TPSA) is 81.2 Å². The third-order valence-corrected chi connectivity index (χ3v) is 3.63. The van der Waals surface area contributed by atoms with Crippen molar-refractivity contribution in [1.82, 2.24) is 15.3 Å². The Labute approximate surface area is 123 Å². The van der Waals surface area contributed by atoms with Crippen LogP contribution in [0.3, 0.4) is 0 Å². The Morgan fingerprint density at radius 1 is 1.29 bits per heavy atom. The van der Waals surface area contributed by atoms with E-state index < -0.39 is 5.54 Å². The summed E-state index contributed by atoms with van der Waals surface area (Å²) in [6, 6.07) is 0. The van der Waals surface area contributed by atoms with Gasteiger partial charge in [-0.1, -0.05) is 19.3 Å². The molecule has 1 aromatic rings. The van der Waals surface area contributed by atoms with Crippen molar-refractivity contribution >= 4 is 18.0 Å². The Morgan fingerprint density at radius 3 is 2.67 bits per heavy atom. The molecule has 1 aliphatic rings. The minimum Gasteiger partial charge on any atom is -0.467 e. The number of methoxy groups -OCH3 is 1. The molecule has 1 fully saturated rings. The number of nitrogens with zero attached hydrogens (tertiary/aromatic N) is 2. The van der Waals surface area contributed by atoms with Crippen LogP contribution in [0.5, 0.6) is 0 Å². The highest BCUT2D eigenvalue weighted by Gasteiger charge is 2.41. The first-order valence-electron chi connectivity index (χ1n) is 7.01. The van der Waals surface area contributed by atoms with Gasteiger partial charge in [-0.3, -0.25) is 14.8 Å². The summed E-state index contributed by atoms with van der Waals surface area (Å²) in [5, 5.41) is 2.80. The molecule has 0 aliphatic heterocycles. The number of rotatable bonds is 4. The Hall–Kier alpha value is -2.24. The standard InChI is InChI=1S/C15H19N3O3/c1-21-14(20)15(7-3-2-4-8-15)18-13(19)6-5-12-11-16-9-10-17-12/h5-6,9-11H,2-4,7-8H2,1H3,(H,18,19)/b6-5+. The molecule has 1 aliphatic carbocycles. The minimum atomic E-state index is -0.892. The van der Waals surface area contributed by atoms with Crippen molar-refractivity contribution in [1.29, 1.82) is 0 Å². The maximum absolute atomic E-state index is 12.1. The first-order valence-corrected chi connectivity index (χ1v) is 7.01. The Balaban J connectivity index is 2.05. The van der Waals surface area contributed by atoms with E-state index in [-0.39, 0.29) is 11.9 Å². The van der Waals surface area contributed by atoms with Crippen molar-refractivity contribution in [3.05, 3.63) is 30.4 Å². The van der Waals surface area contributed by atoms with Gasteiger partial charge in [-0.25, -0.2) is 4.79 Å². The molecule has 0 atom stereocenters. The van der Waals surface area contributed by atoms with Crippen molar-refractivity contribution in [3.8, 4) is 0 Å². The monoisotopic (exact) mass is 289 g/mol. The fraction of sp³-hybridized carbons (Fsp3) is 0.467. The molecule has 6 heteroatoms. The average molecular weight is 289 g/mol. The number of carbonyl (C=O) groups is 2. The Morgan fingerprint density at radius 2 is 2.05 bits per heavy atom. The molecule has 21 heavy (non-hydrogen) atoms. The van der Waals surface area contributed by atoms with Crippen LogP contribution in [0.4, 0.5) is 0 Å². The lowest BCUT2D eigenvalue weighted by atomic mass is 9.81. The van der Waals surface area contributed by atoms with E-state index in [0.29, 0.717) is 18.5 Å². The van der Waals surface area contributed by atoms with Gasteiger partial charge in [0, 0.05) is 18.5 Å². The second kappa shape index (κ2) is 6.97. The number of amides is 1. The molecule has 0 unspecified atom stereocenters. The molecule has 0 aromatic carbocycles. The molecule has 0 spiro atoms. The summed E-state index contributed by atoms with van der Waals surface area (Å²) in [6.07, 6.45) is 11.7. The fourth-order valence-corrected chi connectivity index (χ4v) is 2.57. The molecular formula is C15H19N3O3. The number of hydrogen-bond donors (Lipinski definition) is 1. The zero-order chi connectivity index (χ0) is 15.1. The van der Waals surface area contributed by atoms with Gasteiger partial charge in [0.2, 0.25) is 5.91 Å². The number of nitrogens with one attached hydrogen (secondary N) is 1. The highest BCUT2D eigenvalue weighted by atomic mass is 16.5. The van der Waals surface area contributed by atoms with Gasteiger partial charge in [-0.2, -0.15) is 0 Å². The molecule has 0 saturated heterocycles. The van der Waals surface area contributed by atoms with Crippen molar-refractivity contribution in [2.24, 2.45) is 0 Å². The van der Waals surface area contributed by atoms with Gasteiger partial charge in [-0.15, -0.1) is 0 Å². The van der Waals surface area contributed by atoms with Gasteiger partial charge in [0.05, 0.1) is 19.0 Å². The summed E-state index contributed by atoms with van der Waals surface area (Å²) in [6.45, 7) is 0. The first-order chi connectivity index (χ1) is 10.2. The normalized spacial score (nSPS) is 17.4. The van der Waals surface area contributed by atoms with Crippen LogP contribution in [-0.2, 0) is 14.3 Å². The van der Waals surface area contributed by atoms with E-state index in [1.807, 2.05) is 0 Å². The summed E-state index contributed by atoms with van der Waals surface area (Å²) in [5.41, 5.74) is -0.306. The Bertz CT molecular complexity index is 522. The van der Waals surface area contributed by atoms with E-state index in [9.17, 15) is 9.59 Å². The van der Waals surface area contributed by atoms with Crippen LogP contribution in [0.25, 0.3) is 6.08 Å². The molecule has 1 heterocycles. The summed E-state index contributed by atoms with van der Waals surface area (Å²) in [4.78, 5) is 32.0. The number of carbonyl (C=O) groups excluding carboxylic acids is 2. The van der Waals surface area contributed by atoms with E-state index in [1.165, 1.54) is 13.2 Å². The lowest BCUT2D eigenvalue weighted by Crippen LogP contribution is -2.55. The number of esters is 1. The van der Waals surface area contributed by atoms with Crippen molar-refractivity contribution < 1.29 is 14.3 Å². The van der Waals surface area contributed by atoms with Gasteiger partial charge >= 0.3 is 5.97 Å². The maximum atomic E-state index is 12.1. The van der Waals surface area contributed by atoms with Crippen molar-refractivity contribution in [3.63, 3.8) is 0 Å². The van der Waals surface area contributed by atoms with E-state index in [2.05, 4.69) is 15.3 Å². The zero-order valence-corrected chi connectivity index (χ0v) is 12.0. The van der Waals surface area contributed by atoms with Gasteiger partial charge in [0.25, 0.3) is 0 Å². The van der Waals surface area contributed by atoms with Gasteiger partial charge in [-0.05, 0) is 18.9 Å². The van der Waals surface area contributed by atoms with Crippen LogP contribution in [0.1, 0.15) is 37.8 Å². The predicted molar refractivity (Wildman–Crippen MR) is 77.0 cm³/mol. The highest BCUT2D eigenvalue weighted by Crippen LogP contribution is 2.29. The molecule has 112 valence electrons. The van der Waals surface area contributed by atoms with E-state index in [4.69, 9.17) is 4.74 Å². The highest BCUT2D eigenvalue weighted by molar-refractivity contribution is 5.96. The molecule has 1 amide bonds. The van der Waals surface area contributed by atoms with Gasteiger partial charge in [0.1, 0.15) is 5.54 Å². The molecule has 2 rings (SSSR count). The van der Waals surface area contributed by atoms with Crippen LogP contribution >= 0.6 is 0 Å². The average Bonchev–Trinajstić information content (AvgIpc) is 2.54. The quantitative estimate of drug-likeness (QED) is 0.670. The number of ether oxygens (including phenoxy) is 1. The number of aromatic nitrogens is 2. The Kier molecular flexibility index (Phi) is 5.03. The van der Waals surface area contributed by atoms with Crippen LogP contribution in [0, 0.1) is 0 Å². The predicted octanol–water partition coefficient (Wildman–Crippen LogP) is 1.48. The zero-order valence-electron chi connectivity index (χ0n) is 12.0.